The van der Waals surface area contributed by atoms with Crippen LogP contribution < -0.4 is 4.90 Å². The number of nitrogens with zero attached hydrogens (tertiary/aromatic N) is 2. The molecule has 2 atom stereocenters. The number of carboxylic acid groups (broad SMARTS) is 1. The van der Waals surface area contributed by atoms with Crippen molar-refractivity contribution in [1.29, 1.82) is 0 Å². The van der Waals surface area contributed by atoms with E-state index in [-0.39, 0.29) is 10.0 Å². The molecule has 0 aliphatic carbocycles. The lowest BCUT2D eigenvalue weighted by molar-refractivity contribution is 0.0702. The van der Waals surface area contributed by atoms with Crippen LogP contribution in [0, 0.1) is 0 Å². The Bertz CT molecular complexity index is 435. The molecule has 0 saturated carbocycles. The number of carbonyl (C=O) groups is 1. The van der Waals surface area contributed by atoms with E-state index in [0.717, 1.165) is 24.4 Å². The Morgan fingerprint density at radius 2 is 2.35 bits per heavy atom. The number of aromatic carboxylic acids is 1. The van der Waals surface area contributed by atoms with E-state index in [2.05, 4.69) is 23.7 Å². The van der Waals surface area contributed by atoms with Crippen molar-refractivity contribution >= 4 is 34.0 Å². The van der Waals surface area contributed by atoms with Gasteiger partial charge in [0.1, 0.15) is 0 Å². The summed E-state index contributed by atoms with van der Waals surface area (Å²) >= 11 is 7.02. The van der Waals surface area contributed by atoms with Gasteiger partial charge in [0.15, 0.2) is 15.2 Å². The van der Waals surface area contributed by atoms with Gasteiger partial charge in [-0.3, -0.25) is 0 Å². The maximum absolute atomic E-state index is 11.0. The van der Waals surface area contributed by atoms with Crippen molar-refractivity contribution in [2.24, 2.45) is 0 Å². The van der Waals surface area contributed by atoms with Crippen molar-refractivity contribution in [2.75, 3.05) is 4.90 Å². The lowest BCUT2D eigenvalue weighted by Crippen LogP contribution is -2.33. The van der Waals surface area contributed by atoms with Gasteiger partial charge in [0, 0.05) is 12.1 Å². The molecule has 1 aromatic heterocycles. The summed E-state index contributed by atoms with van der Waals surface area (Å²) in [4.78, 5) is 17.5. The van der Waals surface area contributed by atoms with Gasteiger partial charge in [0.2, 0.25) is 0 Å². The van der Waals surface area contributed by atoms with E-state index in [1.165, 1.54) is 11.3 Å². The summed E-state index contributed by atoms with van der Waals surface area (Å²) < 4.78 is 0. The van der Waals surface area contributed by atoms with Gasteiger partial charge in [-0.1, -0.05) is 29.9 Å². The van der Waals surface area contributed by atoms with Gasteiger partial charge in [-0.05, 0) is 26.2 Å². The van der Waals surface area contributed by atoms with Crippen molar-refractivity contribution in [3.63, 3.8) is 0 Å². The zero-order chi connectivity index (χ0) is 12.6. The predicted molar refractivity (Wildman–Crippen MR) is 69.3 cm³/mol. The second kappa shape index (κ2) is 4.82. The fourth-order valence-electron chi connectivity index (χ4n) is 2.35. The lowest BCUT2D eigenvalue weighted by atomic mass is 10.2. The Hall–Kier alpha value is -0.810. The number of rotatable bonds is 3. The fourth-order valence-corrected chi connectivity index (χ4v) is 3.65. The number of carboxylic acids is 1. The highest BCUT2D eigenvalue weighted by atomic mass is 35.5. The SMILES string of the molecule is CCC1CCC(C)N1c1nc(Cl)c(C(=O)O)s1. The van der Waals surface area contributed by atoms with Gasteiger partial charge in [-0.25, -0.2) is 9.78 Å². The molecule has 4 nitrogen and oxygen atoms in total. The first-order valence-electron chi connectivity index (χ1n) is 5.72. The van der Waals surface area contributed by atoms with E-state index < -0.39 is 5.97 Å². The highest BCUT2D eigenvalue weighted by Gasteiger charge is 2.32. The third kappa shape index (κ3) is 2.26. The second-order valence-corrected chi connectivity index (χ2v) is 5.65. The number of thiazole rings is 1. The molecule has 1 aliphatic rings. The van der Waals surface area contributed by atoms with Crippen molar-refractivity contribution in [1.82, 2.24) is 4.98 Å². The molecule has 0 spiro atoms. The van der Waals surface area contributed by atoms with Crippen LogP contribution in [0.1, 0.15) is 42.8 Å². The van der Waals surface area contributed by atoms with E-state index in [4.69, 9.17) is 16.7 Å². The average molecular weight is 275 g/mol. The standard InChI is InChI=1S/C11H15ClN2O2S/c1-3-7-5-4-6(2)14(7)11-13-9(12)8(17-11)10(15)16/h6-7H,3-5H2,1-2H3,(H,15,16). The van der Waals surface area contributed by atoms with E-state index in [0.29, 0.717) is 12.1 Å². The summed E-state index contributed by atoms with van der Waals surface area (Å²) in [7, 11) is 0. The summed E-state index contributed by atoms with van der Waals surface area (Å²) in [5.74, 6) is -1.00. The Kier molecular flexibility index (Phi) is 3.58. The number of aromatic nitrogens is 1. The Labute approximate surface area is 109 Å². The fraction of sp³-hybridized carbons (Fsp3) is 0.636. The third-order valence-electron chi connectivity index (χ3n) is 3.25. The molecule has 2 heterocycles. The number of hydrogen-bond acceptors (Lipinski definition) is 4. The van der Waals surface area contributed by atoms with E-state index in [1.807, 2.05) is 0 Å². The lowest BCUT2D eigenvalue weighted by Gasteiger charge is -2.27. The quantitative estimate of drug-likeness (QED) is 0.919. The number of halogens is 1. The summed E-state index contributed by atoms with van der Waals surface area (Å²) in [5.41, 5.74) is 0. The van der Waals surface area contributed by atoms with Crippen molar-refractivity contribution in [3.8, 4) is 0 Å². The van der Waals surface area contributed by atoms with E-state index in [1.54, 1.807) is 0 Å². The molecule has 0 bridgehead atoms. The van der Waals surface area contributed by atoms with Crippen LogP contribution in [-0.2, 0) is 0 Å². The maximum atomic E-state index is 11.0. The van der Waals surface area contributed by atoms with Crippen LogP contribution in [0.2, 0.25) is 5.15 Å². The van der Waals surface area contributed by atoms with Crippen molar-refractivity contribution in [2.45, 2.75) is 45.2 Å². The van der Waals surface area contributed by atoms with Gasteiger partial charge in [0.05, 0.1) is 0 Å². The second-order valence-electron chi connectivity index (χ2n) is 4.32. The Morgan fingerprint density at radius 3 is 2.88 bits per heavy atom. The Morgan fingerprint density at radius 1 is 1.65 bits per heavy atom. The molecule has 0 amide bonds. The van der Waals surface area contributed by atoms with E-state index >= 15 is 0 Å². The molecule has 2 unspecified atom stereocenters. The molecule has 1 N–H and O–H groups in total. The van der Waals surface area contributed by atoms with Crippen LogP contribution in [0.15, 0.2) is 0 Å². The first-order valence-corrected chi connectivity index (χ1v) is 6.92. The molecule has 1 fully saturated rings. The summed E-state index contributed by atoms with van der Waals surface area (Å²) in [6.07, 6.45) is 3.30. The topological polar surface area (TPSA) is 53.4 Å². The smallest absolute Gasteiger partial charge is 0.349 e. The monoisotopic (exact) mass is 274 g/mol. The van der Waals surface area contributed by atoms with Crippen LogP contribution in [0.3, 0.4) is 0 Å². The number of anilines is 1. The van der Waals surface area contributed by atoms with Crippen LogP contribution >= 0.6 is 22.9 Å². The third-order valence-corrected chi connectivity index (χ3v) is 4.69. The predicted octanol–water partition coefficient (Wildman–Crippen LogP) is 3.26. The van der Waals surface area contributed by atoms with Gasteiger partial charge >= 0.3 is 5.97 Å². The Balaban J connectivity index is 2.33. The summed E-state index contributed by atoms with van der Waals surface area (Å²) in [6.45, 7) is 4.29. The van der Waals surface area contributed by atoms with Crippen LogP contribution in [0.25, 0.3) is 0 Å². The molecular formula is C11H15ClN2O2S. The van der Waals surface area contributed by atoms with E-state index in [9.17, 15) is 4.79 Å². The molecule has 2 rings (SSSR count). The minimum absolute atomic E-state index is 0.103. The molecule has 6 heteroatoms. The van der Waals surface area contributed by atoms with Crippen LogP contribution in [0.4, 0.5) is 5.13 Å². The maximum Gasteiger partial charge on any atom is 0.349 e. The van der Waals surface area contributed by atoms with Crippen LogP contribution in [-0.4, -0.2) is 28.1 Å². The normalized spacial score (nSPS) is 24.3. The molecule has 1 aromatic rings. The van der Waals surface area contributed by atoms with Crippen LogP contribution in [0.5, 0.6) is 0 Å². The van der Waals surface area contributed by atoms with Gasteiger partial charge < -0.3 is 10.0 Å². The summed E-state index contributed by atoms with van der Waals surface area (Å²) in [5, 5.41) is 9.82. The van der Waals surface area contributed by atoms with Gasteiger partial charge in [0.25, 0.3) is 0 Å². The zero-order valence-corrected chi connectivity index (χ0v) is 11.4. The first kappa shape index (κ1) is 12.6. The number of hydrogen-bond donors (Lipinski definition) is 1. The molecule has 94 valence electrons. The molecular weight excluding hydrogens is 260 g/mol. The molecule has 0 aromatic carbocycles. The largest absolute Gasteiger partial charge is 0.477 e. The summed E-state index contributed by atoms with van der Waals surface area (Å²) in [6, 6.07) is 0.859. The molecule has 1 aliphatic heterocycles. The first-order chi connectivity index (χ1) is 8.04. The molecule has 0 radical (unpaired) electrons. The molecule has 17 heavy (non-hydrogen) atoms. The minimum atomic E-state index is -1.00. The van der Waals surface area contributed by atoms with Crippen molar-refractivity contribution in [3.05, 3.63) is 10.0 Å². The van der Waals surface area contributed by atoms with Gasteiger partial charge in [-0.2, -0.15) is 0 Å². The average Bonchev–Trinajstić information content (AvgIpc) is 2.81. The van der Waals surface area contributed by atoms with Crippen molar-refractivity contribution < 1.29 is 9.90 Å². The minimum Gasteiger partial charge on any atom is -0.477 e. The highest BCUT2D eigenvalue weighted by molar-refractivity contribution is 7.18. The van der Waals surface area contributed by atoms with Gasteiger partial charge in [-0.15, -0.1) is 0 Å². The molecule has 1 saturated heterocycles. The highest BCUT2D eigenvalue weighted by Crippen LogP contribution is 2.37. The zero-order valence-electron chi connectivity index (χ0n) is 9.81.